The van der Waals surface area contributed by atoms with Crippen molar-refractivity contribution in [3.63, 3.8) is 0 Å². The van der Waals surface area contributed by atoms with Gasteiger partial charge < -0.3 is 18.9 Å². The molecule has 0 aromatic heterocycles. The number of aryl methyl sites for hydroxylation is 4. The van der Waals surface area contributed by atoms with Gasteiger partial charge in [-0.3, -0.25) is 0 Å². The monoisotopic (exact) mass is 482 g/mol. The first kappa shape index (κ1) is 24.5. The van der Waals surface area contributed by atoms with Gasteiger partial charge in [-0.15, -0.1) is 0 Å². The molecule has 6 heteroatoms. The maximum Gasteiger partial charge on any atom is 0.519 e. The molecule has 4 rings (SSSR count). The summed E-state index contributed by atoms with van der Waals surface area (Å²) in [7, 11) is 0. The Morgan fingerprint density at radius 2 is 0.750 bits per heavy atom. The first-order valence-corrected chi connectivity index (χ1v) is 11.4. The highest BCUT2D eigenvalue weighted by atomic mass is 16.7. The Bertz CT molecular complexity index is 1280. The number of rotatable bonds is 5. The molecule has 182 valence electrons. The molecule has 0 spiro atoms. The van der Waals surface area contributed by atoms with Crippen LogP contribution in [0.3, 0.4) is 0 Å². The summed E-state index contributed by atoms with van der Waals surface area (Å²) >= 11 is 0. The standard InChI is InChI=1S/C30H26O6/c1-19-5-9-23(10-6-19)33-29(31)35-25-13-15-27(21(3)17-25)28-16-14-26(18-22(28)4)36-30(32)34-24-11-7-20(2)8-12-24/h5-18H,1-4H3. The lowest BCUT2D eigenvalue weighted by Crippen LogP contribution is -2.14. The van der Waals surface area contributed by atoms with Crippen molar-refractivity contribution < 1.29 is 28.5 Å². The van der Waals surface area contributed by atoms with Gasteiger partial charge >= 0.3 is 12.3 Å². The number of carbonyl (C=O) groups is 2. The highest BCUT2D eigenvalue weighted by Crippen LogP contribution is 2.32. The first-order valence-electron chi connectivity index (χ1n) is 11.4. The van der Waals surface area contributed by atoms with E-state index in [4.69, 9.17) is 18.9 Å². The predicted molar refractivity (Wildman–Crippen MR) is 137 cm³/mol. The molecular formula is C30H26O6. The largest absolute Gasteiger partial charge is 0.519 e. The van der Waals surface area contributed by atoms with Crippen molar-refractivity contribution in [2.75, 3.05) is 0 Å². The molecule has 36 heavy (non-hydrogen) atoms. The second-order valence-corrected chi connectivity index (χ2v) is 8.49. The molecule has 0 aliphatic heterocycles. The number of carbonyl (C=O) groups excluding carboxylic acids is 2. The van der Waals surface area contributed by atoms with E-state index in [0.29, 0.717) is 23.0 Å². The number of hydrogen-bond donors (Lipinski definition) is 0. The van der Waals surface area contributed by atoms with Crippen molar-refractivity contribution in [3.05, 3.63) is 107 Å². The van der Waals surface area contributed by atoms with Crippen molar-refractivity contribution in [2.45, 2.75) is 27.7 Å². The van der Waals surface area contributed by atoms with E-state index in [1.165, 1.54) is 0 Å². The zero-order chi connectivity index (χ0) is 25.7. The van der Waals surface area contributed by atoms with E-state index >= 15 is 0 Å². The Kier molecular flexibility index (Phi) is 7.35. The third-order valence-electron chi connectivity index (χ3n) is 5.53. The van der Waals surface area contributed by atoms with Gasteiger partial charge in [0.15, 0.2) is 0 Å². The molecule has 0 bridgehead atoms. The third kappa shape index (κ3) is 6.30. The summed E-state index contributed by atoms with van der Waals surface area (Å²) in [6.45, 7) is 7.76. The van der Waals surface area contributed by atoms with Gasteiger partial charge in [0.2, 0.25) is 0 Å². The second kappa shape index (κ2) is 10.8. The van der Waals surface area contributed by atoms with E-state index in [1.807, 2.05) is 64.1 Å². The van der Waals surface area contributed by atoms with Crippen molar-refractivity contribution in [3.8, 4) is 34.1 Å². The molecule has 0 radical (unpaired) electrons. The zero-order valence-electron chi connectivity index (χ0n) is 20.5. The quantitative estimate of drug-likeness (QED) is 0.214. The molecule has 0 atom stereocenters. The Morgan fingerprint density at radius 1 is 0.444 bits per heavy atom. The van der Waals surface area contributed by atoms with Gasteiger partial charge in [-0.2, -0.15) is 0 Å². The van der Waals surface area contributed by atoms with E-state index in [0.717, 1.165) is 33.4 Å². The fourth-order valence-corrected chi connectivity index (χ4v) is 3.64. The van der Waals surface area contributed by atoms with Gasteiger partial charge in [0.1, 0.15) is 23.0 Å². The SMILES string of the molecule is Cc1ccc(OC(=O)Oc2ccc(-c3ccc(OC(=O)Oc4ccc(C)cc4)cc3C)c(C)c2)cc1. The maximum absolute atomic E-state index is 12.1. The summed E-state index contributed by atoms with van der Waals surface area (Å²) in [5, 5.41) is 0. The van der Waals surface area contributed by atoms with Gasteiger partial charge in [-0.1, -0.05) is 47.5 Å². The lowest BCUT2D eigenvalue weighted by Gasteiger charge is -2.13. The summed E-state index contributed by atoms with van der Waals surface area (Å²) in [5.74, 6) is 1.59. The minimum Gasteiger partial charge on any atom is -0.395 e. The van der Waals surface area contributed by atoms with Crippen LogP contribution in [0.25, 0.3) is 11.1 Å². The Morgan fingerprint density at radius 3 is 1.08 bits per heavy atom. The lowest BCUT2D eigenvalue weighted by atomic mass is 9.96. The van der Waals surface area contributed by atoms with Crippen LogP contribution in [0.5, 0.6) is 23.0 Å². The van der Waals surface area contributed by atoms with Crippen LogP contribution in [-0.4, -0.2) is 12.3 Å². The van der Waals surface area contributed by atoms with Crippen LogP contribution in [-0.2, 0) is 0 Å². The van der Waals surface area contributed by atoms with E-state index in [1.54, 1.807) is 48.5 Å². The van der Waals surface area contributed by atoms with Gasteiger partial charge in [-0.05, 0) is 98.5 Å². The summed E-state index contributed by atoms with van der Waals surface area (Å²) in [4.78, 5) is 24.3. The molecule has 4 aromatic rings. The molecule has 0 aliphatic carbocycles. The fraction of sp³-hybridized carbons (Fsp3) is 0.133. The topological polar surface area (TPSA) is 71.1 Å². The average molecular weight is 483 g/mol. The van der Waals surface area contributed by atoms with E-state index in [-0.39, 0.29) is 0 Å². The summed E-state index contributed by atoms with van der Waals surface area (Å²) in [6, 6.07) is 25.0. The smallest absolute Gasteiger partial charge is 0.395 e. The summed E-state index contributed by atoms with van der Waals surface area (Å²) < 4.78 is 21.1. The van der Waals surface area contributed by atoms with E-state index < -0.39 is 12.3 Å². The highest BCUT2D eigenvalue weighted by Gasteiger charge is 2.13. The molecule has 4 aromatic carbocycles. The Hall–Kier alpha value is -4.58. The first-order chi connectivity index (χ1) is 17.3. The van der Waals surface area contributed by atoms with Gasteiger partial charge in [0, 0.05) is 0 Å². The predicted octanol–water partition coefficient (Wildman–Crippen LogP) is 7.74. The van der Waals surface area contributed by atoms with Crippen molar-refractivity contribution in [2.24, 2.45) is 0 Å². The number of hydrogen-bond acceptors (Lipinski definition) is 6. The second-order valence-electron chi connectivity index (χ2n) is 8.49. The molecule has 0 N–H and O–H groups in total. The molecule has 0 heterocycles. The minimum absolute atomic E-state index is 0.379. The van der Waals surface area contributed by atoms with Crippen LogP contribution in [0.2, 0.25) is 0 Å². The Balaban J connectivity index is 1.40. The van der Waals surface area contributed by atoms with Crippen molar-refractivity contribution >= 4 is 12.3 Å². The van der Waals surface area contributed by atoms with Crippen molar-refractivity contribution in [1.29, 1.82) is 0 Å². The van der Waals surface area contributed by atoms with Crippen molar-refractivity contribution in [1.82, 2.24) is 0 Å². The molecule has 0 aliphatic rings. The lowest BCUT2D eigenvalue weighted by molar-refractivity contribution is 0.150. The van der Waals surface area contributed by atoms with Gasteiger partial charge in [0.05, 0.1) is 0 Å². The highest BCUT2D eigenvalue weighted by molar-refractivity contribution is 5.74. The summed E-state index contributed by atoms with van der Waals surface area (Å²) in [6.07, 6.45) is -1.61. The molecule has 0 fully saturated rings. The number of ether oxygens (including phenoxy) is 4. The van der Waals surface area contributed by atoms with E-state index in [2.05, 4.69) is 0 Å². The van der Waals surface area contributed by atoms with Gasteiger partial charge in [0.25, 0.3) is 0 Å². The van der Waals surface area contributed by atoms with Crippen LogP contribution in [0.4, 0.5) is 9.59 Å². The van der Waals surface area contributed by atoms with Crippen LogP contribution >= 0.6 is 0 Å². The molecule has 0 saturated heterocycles. The number of benzene rings is 4. The third-order valence-corrected chi connectivity index (χ3v) is 5.53. The Labute approximate surface area is 210 Å². The van der Waals surface area contributed by atoms with Crippen LogP contribution in [0.15, 0.2) is 84.9 Å². The molecule has 0 amide bonds. The average Bonchev–Trinajstić information content (AvgIpc) is 2.83. The molecule has 0 unspecified atom stereocenters. The zero-order valence-corrected chi connectivity index (χ0v) is 20.5. The normalized spacial score (nSPS) is 10.4. The molecule has 6 nitrogen and oxygen atoms in total. The fourth-order valence-electron chi connectivity index (χ4n) is 3.64. The summed E-state index contributed by atoms with van der Waals surface area (Å²) in [5.41, 5.74) is 5.87. The van der Waals surface area contributed by atoms with Crippen LogP contribution in [0, 0.1) is 27.7 Å². The van der Waals surface area contributed by atoms with Gasteiger partial charge in [-0.25, -0.2) is 9.59 Å². The molecule has 0 saturated carbocycles. The van der Waals surface area contributed by atoms with E-state index in [9.17, 15) is 9.59 Å². The minimum atomic E-state index is -0.804. The molecular weight excluding hydrogens is 456 g/mol. The maximum atomic E-state index is 12.1. The van der Waals surface area contributed by atoms with Crippen LogP contribution in [0.1, 0.15) is 22.3 Å². The van der Waals surface area contributed by atoms with Crippen LogP contribution < -0.4 is 18.9 Å².